The second kappa shape index (κ2) is 5.70. The predicted molar refractivity (Wildman–Crippen MR) is 70.4 cm³/mol. The van der Waals surface area contributed by atoms with Crippen LogP contribution in [0, 0.1) is 17.8 Å². The molecule has 0 heterocycles. The van der Waals surface area contributed by atoms with E-state index in [-0.39, 0.29) is 0 Å². The Bertz CT molecular complexity index is 186. The Balaban J connectivity index is 1.64. The minimum absolute atomic E-state index is 0.847. The van der Waals surface area contributed by atoms with Crippen LogP contribution in [0.1, 0.15) is 64.7 Å². The first-order chi connectivity index (χ1) is 7.29. The predicted octanol–water partition coefficient (Wildman–Crippen LogP) is 5.16. The summed E-state index contributed by atoms with van der Waals surface area (Å²) < 4.78 is 0. The molecule has 0 radical (unpaired) electrons. The van der Waals surface area contributed by atoms with Gasteiger partial charge in [-0.1, -0.05) is 48.5 Å². The number of hydrogen-bond donors (Lipinski definition) is 0. The van der Waals surface area contributed by atoms with Crippen LogP contribution in [0.3, 0.4) is 0 Å². The van der Waals surface area contributed by atoms with Crippen LogP contribution in [-0.2, 0) is 0 Å². The zero-order valence-corrected chi connectivity index (χ0v) is 11.6. The van der Waals surface area contributed by atoms with Gasteiger partial charge in [0.05, 0.1) is 0 Å². The summed E-state index contributed by atoms with van der Waals surface area (Å²) in [5, 5.41) is 0. The maximum atomic E-state index is 3.86. The zero-order chi connectivity index (χ0) is 10.7. The first kappa shape index (κ1) is 12.0. The minimum Gasteiger partial charge on any atom is -0.0888 e. The van der Waals surface area contributed by atoms with Gasteiger partial charge in [0.1, 0.15) is 0 Å². The fourth-order valence-corrected chi connectivity index (χ4v) is 3.92. The van der Waals surface area contributed by atoms with E-state index < -0.39 is 0 Å². The fourth-order valence-electron chi connectivity index (χ4n) is 3.12. The molecule has 0 saturated heterocycles. The molecule has 2 rings (SSSR count). The van der Waals surface area contributed by atoms with E-state index in [2.05, 4.69) is 22.9 Å². The van der Waals surface area contributed by atoms with E-state index in [1.807, 2.05) is 0 Å². The van der Waals surface area contributed by atoms with E-state index in [9.17, 15) is 0 Å². The molecule has 2 aliphatic carbocycles. The van der Waals surface area contributed by atoms with E-state index in [0.29, 0.717) is 0 Å². The van der Waals surface area contributed by atoms with Crippen molar-refractivity contribution in [3.63, 3.8) is 0 Å². The van der Waals surface area contributed by atoms with Crippen LogP contribution < -0.4 is 0 Å². The summed E-state index contributed by atoms with van der Waals surface area (Å²) in [5.41, 5.74) is 0. The molecule has 0 aromatic carbocycles. The Morgan fingerprint density at radius 1 is 1.13 bits per heavy atom. The topological polar surface area (TPSA) is 0 Å². The van der Waals surface area contributed by atoms with Gasteiger partial charge in [-0.05, 0) is 49.9 Å². The van der Waals surface area contributed by atoms with Crippen molar-refractivity contribution in [2.24, 2.45) is 17.8 Å². The number of hydrogen-bond acceptors (Lipinski definition) is 0. The van der Waals surface area contributed by atoms with Crippen molar-refractivity contribution >= 4 is 15.9 Å². The smallest absolute Gasteiger partial charge is 0.0174 e. The van der Waals surface area contributed by atoms with Gasteiger partial charge in [-0.15, -0.1) is 0 Å². The molecule has 2 aliphatic rings. The van der Waals surface area contributed by atoms with Crippen molar-refractivity contribution in [3.8, 4) is 0 Å². The van der Waals surface area contributed by atoms with Gasteiger partial charge >= 0.3 is 0 Å². The van der Waals surface area contributed by atoms with Crippen LogP contribution >= 0.6 is 15.9 Å². The molecular formula is C14H25Br. The second-order valence-electron chi connectivity index (χ2n) is 5.74. The molecule has 15 heavy (non-hydrogen) atoms. The third-order valence-corrected chi connectivity index (χ3v) is 5.66. The molecule has 88 valence electrons. The lowest BCUT2D eigenvalue weighted by Gasteiger charge is -2.29. The highest BCUT2D eigenvalue weighted by molar-refractivity contribution is 9.09. The lowest BCUT2D eigenvalue weighted by Crippen LogP contribution is -2.16. The summed E-state index contributed by atoms with van der Waals surface area (Å²) >= 11 is 3.86. The Labute approximate surface area is 103 Å². The highest BCUT2D eigenvalue weighted by atomic mass is 79.9. The van der Waals surface area contributed by atoms with Crippen LogP contribution in [0.2, 0.25) is 0 Å². The molecule has 0 aromatic rings. The first-order valence-electron chi connectivity index (χ1n) is 6.93. The Morgan fingerprint density at radius 3 is 2.53 bits per heavy atom. The van der Waals surface area contributed by atoms with Gasteiger partial charge in [-0.3, -0.25) is 0 Å². The maximum Gasteiger partial charge on any atom is 0.0174 e. The SMILES string of the molecule is CCC1CCCC(CCC(Br)C2CC2)C1. The molecule has 0 nitrogen and oxygen atoms in total. The van der Waals surface area contributed by atoms with E-state index in [0.717, 1.165) is 22.6 Å². The van der Waals surface area contributed by atoms with Gasteiger partial charge in [0.2, 0.25) is 0 Å². The van der Waals surface area contributed by atoms with Crippen LogP contribution in [0.15, 0.2) is 0 Å². The van der Waals surface area contributed by atoms with Crippen molar-refractivity contribution in [2.75, 3.05) is 0 Å². The first-order valence-corrected chi connectivity index (χ1v) is 7.85. The highest BCUT2D eigenvalue weighted by Gasteiger charge is 2.30. The van der Waals surface area contributed by atoms with Gasteiger partial charge in [0, 0.05) is 4.83 Å². The zero-order valence-electron chi connectivity index (χ0n) is 10.1. The number of alkyl halides is 1. The lowest BCUT2D eigenvalue weighted by atomic mass is 9.78. The molecular weight excluding hydrogens is 248 g/mol. The summed E-state index contributed by atoms with van der Waals surface area (Å²) in [6, 6.07) is 0. The van der Waals surface area contributed by atoms with Crippen LogP contribution in [0.25, 0.3) is 0 Å². The molecule has 0 aromatic heterocycles. The van der Waals surface area contributed by atoms with Crippen LogP contribution in [0.5, 0.6) is 0 Å². The Morgan fingerprint density at radius 2 is 1.87 bits per heavy atom. The van der Waals surface area contributed by atoms with Gasteiger partial charge in [0.15, 0.2) is 0 Å². The molecule has 0 bridgehead atoms. The van der Waals surface area contributed by atoms with Crippen molar-refractivity contribution in [2.45, 2.75) is 69.5 Å². The summed E-state index contributed by atoms with van der Waals surface area (Å²) in [6.45, 7) is 2.37. The van der Waals surface area contributed by atoms with E-state index in [4.69, 9.17) is 0 Å². The molecule has 0 aliphatic heterocycles. The third-order valence-electron chi connectivity index (χ3n) is 4.45. The van der Waals surface area contributed by atoms with E-state index in [1.165, 1.54) is 57.8 Å². The average molecular weight is 273 g/mol. The quantitative estimate of drug-likeness (QED) is 0.607. The van der Waals surface area contributed by atoms with Gasteiger partial charge in [-0.25, -0.2) is 0 Å². The van der Waals surface area contributed by atoms with Crippen molar-refractivity contribution in [3.05, 3.63) is 0 Å². The van der Waals surface area contributed by atoms with Crippen LogP contribution in [-0.4, -0.2) is 4.83 Å². The van der Waals surface area contributed by atoms with Crippen LogP contribution in [0.4, 0.5) is 0 Å². The molecule has 0 N–H and O–H groups in total. The molecule has 1 heteroatoms. The molecule has 2 fully saturated rings. The Hall–Kier alpha value is 0.480. The molecule has 0 spiro atoms. The third kappa shape index (κ3) is 3.76. The normalized spacial score (nSPS) is 34.0. The van der Waals surface area contributed by atoms with Crippen molar-refractivity contribution < 1.29 is 0 Å². The summed E-state index contributed by atoms with van der Waals surface area (Å²) in [4.78, 5) is 0.847. The number of rotatable bonds is 5. The maximum absolute atomic E-state index is 3.86. The minimum atomic E-state index is 0.847. The van der Waals surface area contributed by atoms with Gasteiger partial charge < -0.3 is 0 Å². The number of halogens is 1. The standard InChI is InChI=1S/C14H25Br/c1-2-11-4-3-5-12(10-11)6-9-14(15)13-7-8-13/h11-14H,2-10H2,1H3. The Kier molecular flexibility index (Phi) is 4.54. The van der Waals surface area contributed by atoms with Gasteiger partial charge in [-0.2, -0.15) is 0 Å². The highest BCUT2D eigenvalue weighted by Crippen LogP contribution is 2.41. The largest absolute Gasteiger partial charge is 0.0888 e. The molecule has 3 atom stereocenters. The van der Waals surface area contributed by atoms with E-state index >= 15 is 0 Å². The summed E-state index contributed by atoms with van der Waals surface area (Å²) in [7, 11) is 0. The monoisotopic (exact) mass is 272 g/mol. The van der Waals surface area contributed by atoms with Crippen molar-refractivity contribution in [1.29, 1.82) is 0 Å². The van der Waals surface area contributed by atoms with Gasteiger partial charge in [0.25, 0.3) is 0 Å². The van der Waals surface area contributed by atoms with Crippen molar-refractivity contribution in [1.82, 2.24) is 0 Å². The molecule has 0 amide bonds. The fraction of sp³-hybridized carbons (Fsp3) is 1.00. The summed E-state index contributed by atoms with van der Waals surface area (Å²) in [5.74, 6) is 3.15. The lowest BCUT2D eigenvalue weighted by molar-refractivity contribution is 0.245. The average Bonchev–Trinajstić information content (AvgIpc) is 3.10. The summed E-state index contributed by atoms with van der Waals surface area (Å²) in [6.07, 6.45) is 13.4. The van der Waals surface area contributed by atoms with E-state index in [1.54, 1.807) is 0 Å². The second-order valence-corrected chi connectivity index (χ2v) is 6.91. The molecule has 2 saturated carbocycles. The molecule has 3 unspecified atom stereocenters.